The first-order valence-electron chi connectivity index (χ1n) is 9.23. The lowest BCUT2D eigenvalue weighted by Gasteiger charge is -2.34. The zero-order valence-corrected chi connectivity index (χ0v) is 18.4. The number of aliphatic imine (C=N–C) groups is 1. The SMILES string of the molecule is CN=C(NCCNC(=O)Cc1cccc(F)c1)N1CCCC(CC(N)=O)C1.I. The molecule has 0 saturated carbocycles. The molecule has 2 amide bonds. The summed E-state index contributed by atoms with van der Waals surface area (Å²) in [5.74, 6) is 0.231. The highest BCUT2D eigenvalue weighted by Gasteiger charge is 2.23. The number of nitrogens with one attached hydrogen (secondary N) is 2. The molecular formula is C19H29FIN5O2. The van der Waals surface area contributed by atoms with E-state index in [0.29, 0.717) is 25.1 Å². The number of likely N-dealkylation sites (tertiary alicyclic amines) is 1. The van der Waals surface area contributed by atoms with Crippen molar-refractivity contribution in [2.75, 3.05) is 33.2 Å². The minimum atomic E-state index is -0.345. The molecule has 9 heteroatoms. The van der Waals surface area contributed by atoms with Gasteiger partial charge in [0.1, 0.15) is 5.82 Å². The summed E-state index contributed by atoms with van der Waals surface area (Å²) in [5, 5.41) is 6.04. The first-order valence-corrected chi connectivity index (χ1v) is 9.23. The van der Waals surface area contributed by atoms with Gasteiger partial charge in [-0.1, -0.05) is 12.1 Å². The minimum absolute atomic E-state index is 0. The van der Waals surface area contributed by atoms with Gasteiger partial charge in [-0.2, -0.15) is 0 Å². The normalized spacial score (nSPS) is 16.9. The molecule has 0 radical (unpaired) electrons. The van der Waals surface area contributed by atoms with Crippen molar-refractivity contribution in [1.29, 1.82) is 0 Å². The number of benzene rings is 1. The maximum atomic E-state index is 13.1. The van der Waals surface area contributed by atoms with Gasteiger partial charge in [0.15, 0.2) is 5.96 Å². The first kappa shape index (κ1) is 24.1. The van der Waals surface area contributed by atoms with Crippen molar-refractivity contribution in [2.45, 2.75) is 25.7 Å². The molecule has 1 saturated heterocycles. The Kier molecular flexibility index (Phi) is 10.8. The molecule has 0 spiro atoms. The van der Waals surface area contributed by atoms with Gasteiger partial charge in [-0.05, 0) is 36.5 Å². The molecule has 1 aliphatic heterocycles. The van der Waals surface area contributed by atoms with Gasteiger partial charge in [-0.25, -0.2) is 4.39 Å². The van der Waals surface area contributed by atoms with Gasteiger partial charge < -0.3 is 21.3 Å². The fourth-order valence-corrected chi connectivity index (χ4v) is 3.31. The fourth-order valence-electron chi connectivity index (χ4n) is 3.31. The van der Waals surface area contributed by atoms with Gasteiger partial charge in [0.05, 0.1) is 6.42 Å². The lowest BCUT2D eigenvalue weighted by molar-refractivity contribution is -0.120. The molecule has 1 aromatic rings. The highest BCUT2D eigenvalue weighted by Crippen LogP contribution is 2.19. The number of nitrogens with zero attached hydrogens (tertiary/aromatic N) is 2. The highest BCUT2D eigenvalue weighted by atomic mass is 127. The van der Waals surface area contributed by atoms with Crippen molar-refractivity contribution in [3.8, 4) is 0 Å². The molecule has 4 N–H and O–H groups in total. The monoisotopic (exact) mass is 505 g/mol. The average molecular weight is 505 g/mol. The number of carbonyl (C=O) groups excluding carboxylic acids is 2. The van der Waals surface area contributed by atoms with Crippen LogP contribution in [0.3, 0.4) is 0 Å². The average Bonchev–Trinajstić information content (AvgIpc) is 2.61. The number of guanidine groups is 1. The molecule has 2 rings (SSSR count). The van der Waals surface area contributed by atoms with Crippen LogP contribution in [0, 0.1) is 11.7 Å². The Bertz CT molecular complexity index is 686. The van der Waals surface area contributed by atoms with E-state index in [4.69, 9.17) is 5.73 Å². The van der Waals surface area contributed by atoms with Crippen LogP contribution in [0.2, 0.25) is 0 Å². The molecule has 0 aliphatic carbocycles. The van der Waals surface area contributed by atoms with E-state index in [0.717, 1.165) is 31.9 Å². The number of primary amides is 1. The summed E-state index contributed by atoms with van der Waals surface area (Å²) in [5.41, 5.74) is 5.95. The van der Waals surface area contributed by atoms with Crippen LogP contribution < -0.4 is 16.4 Å². The Balaban J connectivity index is 0.00000392. The second kappa shape index (κ2) is 12.5. The molecule has 1 unspecified atom stereocenters. The highest BCUT2D eigenvalue weighted by molar-refractivity contribution is 14.0. The first-order chi connectivity index (χ1) is 13.0. The summed E-state index contributed by atoms with van der Waals surface area (Å²) in [7, 11) is 1.71. The quantitative estimate of drug-likeness (QED) is 0.225. The predicted octanol–water partition coefficient (Wildman–Crippen LogP) is 1.27. The largest absolute Gasteiger partial charge is 0.370 e. The van der Waals surface area contributed by atoms with Crippen molar-refractivity contribution >= 4 is 41.8 Å². The van der Waals surface area contributed by atoms with Gasteiger partial charge in [0.2, 0.25) is 11.8 Å². The number of halogens is 2. The van der Waals surface area contributed by atoms with E-state index in [1.165, 1.54) is 12.1 Å². The number of carbonyl (C=O) groups is 2. The van der Waals surface area contributed by atoms with Crippen LogP contribution in [0.4, 0.5) is 4.39 Å². The van der Waals surface area contributed by atoms with Crippen molar-refractivity contribution in [3.05, 3.63) is 35.6 Å². The second-order valence-electron chi connectivity index (χ2n) is 6.76. The molecule has 7 nitrogen and oxygen atoms in total. The summed E-state index contributed by atoms with van der Waals surface area (Å²) in [6.45, 7) is 2.58. The molecule has 0 aromatic heterocycles. The van der Waals surface area contributed by atoms with E-state index >= 15 is 0 Å². The van der Waals surface area contributed by atoms with E-state index in [2.05, 4.69) is 20.5 Å². The molecule has 1 aromatic carbocycles. The summed E-state index contributed by atoms with van der Waals surface area (Å²) in [6, 6.07) is 6.03. The number of rotatable bonds is 7. The summed E-state index contributed by atoms with van der Waals surface area (Å²) >= 11 is 0. The predicted molar refractivity (Wildman–Crippen MR) is 118 cm³/mol. The standard InChI is InChI=1S/C19H28FN5O2.HI/c1-22-19(25-9-3-5-15(13-25)11-17(21)26)24-8-7-23-18(27)12-14-4-2-6-16(20)10-14;/h2,4,6,10,15H,3,5,7-9,11-13H2,1H3,(H2,21,26)(H,22,24)(H,23,27);1H. The van der Waals surface area contributed by atoms with Crippen molar-refractivity contribution in [1.82, 2.24) is 15.5 Å². The summed E-state index contributed by atoms with van der Waals surface area (Å²) in [6.07, 6.45) is 2.52. The molecule has 156 valence electrons. The minimum Gasteiger partial charge on any atom is -0.370 e. The van der Waals surface area contributed by atoms with Crippen LogP contribution in [0.1, 0.15) is 24.8 Å². The second-order valence-corrected chi connectivity index (χ2v) is 6.76. The Morgan fingerprint density at radius 2 is 2.07 bits per heavy atom. The maximum Gasteiger partial charge on any atom is 0.224 e. The molecule has 0 bridgehead atoms. The number of nitrogens with two attached hydrogens (primary N) is 1. The van der Waals surface area contributed by atoms with Crippen molar-refractivity contribution in [2.24, 2.45) is 16.6 Å². The van der Waals surface area contributed by atoms with Crippen LogP contribution >= 0.6 is 24.0 Å². The Morgan fingerprint density at radius 3 is 2.75 bits per heavy atom. The summed E-state index contributed by atoms with van der Waals surface area (Å²) < 4.78 is 13.1. The zero-order valence-electron chi connectivity index (χ0n) is 16.1. The van der Waals surface area contributed by atoms with Gasteiger partial charge in [0, 0.05) is 39.6 Å². The summed E-state index contributed by atoms with van der Waals surface area (Å²) in [4.78, 5) is 29.5. The van der Waals surface area contributed by atoms with Gasteiger partial charge in [0.25, 0.3) is 0 Å². The van der Waals surface area contributed by atoms with Gasteiger partial charge in [-0.3, -0.25) is 14.6 Å². The van der Waals surface area contributed by atoms with E-state index in [9.17, 15) is 14.0 Å². The topological polar surface area (TPSA) is 99.8 Å². The lowest BCUT2D eigenvalue weighted by Crippen LogP contribution is -2.48. The third kappa shape index (κ3) is 8.41. The molecule has 1 aliphatic rings. The molecule has 1 fully saturated rings. The molecule has 1 heterocycles. The smallest absolute Gasteiger partial charge is 0.224 e. The number of hydrogen-bond acceptors (Lipinski definition) is 3. The van der Waals surface area contributed by atoms with E-state index in [1.807, 2.05) is 0 Å². The van der Waals surface area contributed by atoms with E-state index in [-0.39, 0.29) is 53.9 Å². The van der Waals surface area contributed by atoms with E-state index in [1.54, 1.807) is 19.2 Å². The van der Waals surface area contributed by atoms with Crippen LogP contribution in [0.25, 0.3) is 0 Å². The van der Waals surface area contributed by atoms with Gasteiger partial charge >= 0.3 is 0 Å². The Morgan fingerprint density at radius 1 is 1.32 bits per heavy atom. The Hall–Kier alpha value is -1.91. The third-order valence-electron chi connectivity index (χ3n) is 4.50. The zero-order chi connectivity index (χ0) is 19.6. The number of piperidine rings is 1. The fraction of sp³-hybridized carbons (Fsp3) is 0.526. The van der Waals surface area contributed by atoms with Crippen LogP contribution in [0.5, 0.6) is 0 Å². The van der Waals surface area contributed by atoms with E-state index < -0.39 is 0 Å². The van der Waals surface area contributed by atoms with Crippen LogP contribution in [-0.4, -0.2) is 55.9 Å². The lowest BCUT2D eigenvalue weighted by atomic mass is 9.95. The number of amides is 2. The molecule has 28 heavy (non-hydrogen) atoms. The van der Waals surface area contributed by atoms with Crippen molar-refractivity contribution in [3.63, 3.8) is 0 Å². The van der Waals surface area contributed by atoms with Gasteiger partial charge in [-0.15, -0.1) is 24.0 Å². The van der Waals surface area contributed by atoms with Crippen molar-refractivity contribution < 1.29 is 14.0 Å². The Labute approximate surface area is 182 Å². The molecule has 1 atom stereocenters. The number of hydrogen-bond donors (Lipinski definition) is 3. The van der Waals surface area contributed by atoms with Crippen LogP contribution in [-0.2, 0) is 16.0 Å². The molecular weight excluding hydrogens is 476 g/mol. The maximum absolute atomic E-state index is 13.1. The third-order valence-corrected chi connectivity index (χ3v) is 4.50. The van der Waals surface area contributed by atoms with Crippen LogP contribution in [0.15, 0.2) is 29.3 Å².